The Morgan fingerprint density at radius 3 is 1.61 bits per heavy atom. The summed E-state index contributed by atoms with van der Waals surface area (Å²) in [4.78, 5) is 26.5. The number of hydrogen-bond acceptors (Lipinski definition) is 4. The van der Waals surface area contributed by atoms with Gasteiger partial charge in [-0.2, -0.15) is 0 Å². The molecular weight excluding hydrogens is 689 g/mol. The summed E-state index contributed by atoms with van der Waals surface area (Å²) in [6.45, 7) is 3.17. The minimum absolute atomic E-state index is 0.0402. The molecule has 0 spiro atoms. The molecular formula is C42H41Cl2F2N2O3+. The van der Waals surface area contributed by atoms with E-state index in [9.17, 15) is 23.5 Å². The number of aromatic nitrogens is 1. The summed E-state index contributed by atoms with van der Waals surface area (Å²) < 4.78 is 27.8. The number of halogens is 4. The molecule has 1 aliphatic rings. The molecule has 1 aliphatic heterocycles. The zero-order valence-corrected chi connectivity index (χ0v) is 29.8. The maximum atomic E-state index is 12.9. The monoisotopic (exact) mass is 729 g/mol. The van der Waals surface area contributed by atoms with Crippen LogP contribution in [0.15, 0.2) is 122 Å². The third kappa shape index (κ3) is 11.4. The van der Waals surface area contributed by atoms with E-state index in [0.29, 0.717) is 41.8 Å². The zero-order valence-electron chi connectivity index (χ0n) is 28.3. The highest BCUT2D eigenvalue weighted by Crippen LogP contribution is 2.33. The highest BCUT2D eigenvalue weighted by molar-refractivity contribution is 6.30. The highest BCUT2D eigenvalue weighted by atomic mass is 35.5. The van der Waals surface area contributed by atoms with Crippen LogP contribution in [0, 0.1) is 11.6 Å². The quantitative estimate of drug-likeness (QED) is 0.103. The minimum atomic E-state index is -0.801. The number of benzene rings is 4. The molecule has 1 fully saturated rings. The number of carbonyl (C=O) groups is 2. The third-order valence-electron chi connectivity index (χ3n) is 9.16. The SMILES string of the molecule is O=C(CCCN1CCC(O)(c2ccc(Cl)cc2)CC1)c1ccc(F)cc1.O=C(CCC[n+]1ccc(-c2ccc(Cl)cc2)cc1)c1ccc(F)cc1. The van der Waals surface area contributed by atoms with Crippen LogP contribution in [-0.4, -0.2) is 41.2 Å². The third-order valence-corrected chi connectivity index (χ3v) is 9.67. The van der Waals surface area contributed by atoms with Gasteiger partial charge in [0.25, 0.3) is 0 Å². The minimum Gasteiger partial charge on any atom is -0.385 e. The fourth-order valence-electron chi connectivity index (χ4n) is 6.08. The largest absolute Gasteiger partial charge is 0.385 e. The van der Waals surface area contributed by atoms with E-state index in [-0.39, 0.29) is 23.2 Å². The first kappa shape index (κ1) is 38.0. The molecule has 4 aromatic carbocycles. The van der Waals surface area contributed by atoms with Crippen molar-refractivity contribution >= 4 is 34.8 Å². The van der Waals surface area contributed by atoms with Gasteiger partial charge in [-0.3, -0.25) is 9.59 Å². The number of piperidine rings is 1. The Morgan fingerprint density at radius 2 is 1.10 bits per heavy atom. The normalized spacial score (nSPS) is 14.0. The maximum absolute atomic E-state index is 12.9. The molecule has 0 radical (unpaired) electrons. The molecule has 5 aromatic rings. The molecule has 0 aliphatic carbocycles. The van der Waals surface area contributed by atoms with Gasteiger partial charge < -0.3 is 10.0 Å². The van der Waals surface area contributed by atoms with Crippen molar-refractivity contribution in [3.05, 3.63) is 160 Å². The van der Waals surface area contributed by atoms with Gasteiger partial charge in [0.2, 0.25) is 0 Å². The van der Waals surface area contributed by atoms with Crippen LogP contribution in [0.4, 0.5) is 8.78 Å². The van der Waals surface area contributed by atoms with Crippen LogP contribution in [0.25, 0.3) is 11.1 Å². The fourth-order valence-corrected chi connectivity index (χ4v) is 6.33. The van der Waals surface area contributed by atoms with Crippen LogP contribution in [0.2, 0.25) is 10.0 Å². The summed E-state index contributed by atoms with van der Waals surface area (Å²) in [5.74, 6) is -0.575. The Kier molecular flexibility index (Phi) is 13.6. The van der Waals surface area contributed by atoms with Gasteiger partial charge in [-0.05, 0) is 115 Å². The van der Waals surface area contributed by atoms with Crippen molar-refractivity contribution in [2.75, 3.05) is 19.6 Å². The number of aryl methyl sites for hydroxylation is 1. The molecule has 5 nitrogen and oxygen atoms in total. The van der Waals surface area contributed by atoms with Crippen LogP contribution in [0.1, 0.15) is 64.8 Å². The first-order valence-electron chi connectivity index (χ1n) is 17.1. The van der Waals surface area contributed by atoms with Gasteiger partial charge in [-0.1, -0.05) is 47.5 Å². The van der Waals surface area contributed by atoms with Crippen LogP contribution in [0.3, 0.4) is 0 Å². The lowest BCUT2D eigenvalue weighted by Gasteiger charge is -2.38. The van der Waals surface area contributed by atoms with Gasteiger partial charge in [-0.25, -0.2) is 13.3 Å². The summed E-state index contributed by atoms with van der Waals surface area (Å²) in [7, 11) is 0. The number of Topliss-reactive ketones (excluding diaryl/α,β-unsaturated/α-hetero) is 2. The van der Waals surface area contributed by atoms with E-state index in [4.69, 9.17) is 23.2 Å². The lowest BCUT2D eigenvalue weighted by Crippen LogP contribution is -2.42. The van der Waals surface area contributed by atoms with E-state index in [1.54, 1.807) is 0 Å². The molecule has 9 heteroatoms. The maximum Gasteiger partial charge on any atom is 0.169 e. The Labute approximate surface area is 308 Å². The molecule has 51 heavy (non-hydrogen) atoms. The lowest BCUT2D eigenvalue weighted by atomic mass is 9.84. The molecule has 6 rings (SSSR count). The molecule has 0 unspecified atom stereocenters. The van der Waals surface area contributed by atoms with Gasteiger partial charge in [0.1, 0.15) is 18.2 Å². The predicted octanol–water partition coefficient (Wildman–Crippen LogP) is 9.52. The van der Waals surface area contributed by atoms with E-state index in [2.05, 4.69) is 9.47 Å². The number of likely N-dealkylation sites (tertiary alicyclic amines) is 1. The molecule has 1 N–H and O–H groups in total. The van der Waals surface area contributed by atoms with E-state index in [1.807, 2.05) is 73.1 Å². The summed E-state index contributed by atoms with van der Waals surface area (Å²) in [5, 5.41) is 12.3. The van der Waals surface area contributed by atoms with Gasteiger partial charge in [-0.15, -0.1) is 0 Å². The number of nitrogens with zero attached hydrogens (tertiary/aromatic N) is 2. The molecule has 0 atom stereocenters. The van der Waals surface area contributed by atoms with Crippen LogP contribution in [0.5, 0.6) is 0 Å². The number of rotatable bonds is 12. The Hall–Kier alpha value is -4.27. The second-order valence-corrected chi connectivity index (χ2v) is 13.7. The fraction of sp³-hybridized carbons (Fsp3) is 0.262. The van der Waals surface area contributed by atoms with E-state index >= 15 is 0 Å². The van der Waals surface area contributed by atoms with Crippen molar-refractivity contribution in [3.63, 3.8) is 0 Å². The highest BCUT2D eigenvalue weighted by Gasteiger charge is 2.33. The molecule has 264 valence electrons. The Balaban J connectivity index is 0.000000198. The van der Waals surface area contributed by atoms with Crippen LogP contribution >= 0.6 is 23.2 Å². The lowest BCUT2D eigenvalue weighted by molar-refractivity contribution is -0.697. The van der Waals surface area contributed by atoms with E-state index in [1.165, 1.54) is 48.5 Å². The zero-order chi connectivity index (χ0) is 36.2. The first-order valence-corrected chi connectivity index (χ1v) is 17.9. The van der Waals surface area contributed by atoms with Crippen LogP contribution in [-0.2, 0) is 12.1 Å². The second kappa shape index (κ2) is 18.3. The van der Waals surface area contributed by atoms with Crippen LogP contribution < -0.4 is 4.57 Å². The van der Waals surface area contributed by atoms with E-state index < -0.39 is 5.60 Å². The smallest absolute Gasteiger partial charge is 0.169 e. The average molecular weight is 731 g/mol. The molecule has 0 bridgehead atoms. The Bertz CT molecular complexity index is 1860. The van der Waals surface area contributed by atoms with Crippen molar-refractivity contribution in [1.29, 1.82) is 0 Å². The van der Waals surface area contributed by atoms with Gasteiger partial charge in [0, 0.05) is 65.7 Å². The molecule has 0 saturated carbocycles. The van der Waals surface area contributed by atoms with Crippen molar-refractivity contribution in [2.24, 2.45) is 0 Å². The van der Waals surface area contributed by atoms with Crippen molar-refractivity contribution in [3.8, 4) is 11.1 Å². The van der Waals surface area contributed by atoms with Gasteiger partial charge in [0.15, 0.2) is 24.0 Å². The molecule has 2 heterocycles. The number of pyridine rings is 1. The summed E-state index contributed by atoms with van der Waals surface area (Å²) in [5.41, 5.74) is 3.46. The summed E-state index contributed by atoms with van der Waals surface area (Å²) in [6, 6.07) is 30.6. The number of aliphatic hydroxyl groups is 1. The predicted molar refractivity (Wildman–Crippen MR) is 198 cm³/mol. The number of carbonyl (C=O) groups excluding carboxylic acids is 2. The molecule has 1 saturated heterocycles. The van der Waals surface area contributed by atoms with E-state index in [0.717, 1.165) is 60.7 Å². The van der Waals surface area contributed by atoms with Gasteiger partial charge >= 0.3 is 0 Å². The van der Waals surface area contributed by atoms with Crippen molar-refractivity contribution in [2.45, 2.75) is 50.7 Å². The van der Waals surface area contributed by atoms with Crippen molar-refractivity contribution < 1.29 is 28.0 Å². The number of hydrogen-bond donors (Lipinski definition) is 1. The summed E-state index contributed by atoms with van der Waals surface area (Å²) >= 11 is 11.8. The standard InChI is InChI=1S/C21H23ClFNO2.C21H18ClFNO/c22-18-7-5-17(6-8-18)21(26)11-14-24(15-12-21)13-1-2-20(25)16-3-9-19(23)10-4-16;22-19-7-3-16(4-8-19)17-11-14-24(15-12-17)13-1-2-21(25)18-5-9-20(23)10-6-18/h3-10,26H,1-2,11-15H2;3-12,14-15H,1-2,13H2/q;+1. The molecule has 0 amide bonds. The van der Waals surface area contributed by atoms with Crippen molar-refractivity contribution in [1.82, 2.24) is 4.90 Å². The topological polar surface area (TPSA) is 61.5 Å². The Morgan fingerprint density at radius 1 is 0.647 bits per heavy atom. The molecule has 1 aromatic heterocycles. The van der Waals surface area contributed by atoms with Gasteiger partial charge in [0.05, 0.1) is 5.60 Å². The number of ketones is 2. The summed E-state index contributed by atoms with van der Waals surface area (Å²) in [6.07, 6.45) is 7.73. The first-order chi connectivity index (χ1) is 24.6. The second-order valence-electron chi connectivity index (χ2n) is 12.8. The average Bonchev–Trinajstić information content (AvgIpc) is 3.14.